The van der Waals surface area contributed by atoms with E-state index in [1.807, 2.05) is 37.3 Å². The zero-order valence-corrected chi connectivity index (χ0v) is 11.5. The summed E-state index contributed by atoms with van der Waals surface area (Å²) in [4.78, 5) is 12.1. The molecule has 4 nitrogen and oxygen atoms in total. The van der Waals surface area contributed by atoms with Crippen molar-refractivity contribution in [2.75, 3.05) is 7.11 Å². The third-order valence-electron chi connectivity index (χ3n) is 3.10. The fourth-order valence-corrected chi connectivity index (χ4v) is 1.93. The highest BCUT2D eigenvalue weighted by atomic mass is 16.5. The van der Waals surface area contributed by atoms with Gasteiger partial charge in [0, 0.05) is 6.07 Å². The van der Waals surface area contributed by atoms with Crippen LogP contribution in [-0.2, 0) is 0 Å². The number of rotatable bonds is 4. The molecule has 0 spiro atoms. The lowest BCUT2D eigenvalue weighted by molar-refractivity contribution is 0.0937. The Labute approximate surface area is 118 Å². The number of phenols is 1. The molecule has 1 unspecified atom stereocenters. The van der Waals surface area contributed by atoms with Gasteiger partial charge in [-0.1, -0.05) is 30.3 Å². The average Bonchev–Trinajstić information content (AvgIpc) is 2.47. The van der Waals surface area contributed by atoms with Gasteiger partial charge in [0.1, 0.15) is 11.5 Å². The van der Waals surface area contributed by atoms with E-state index in [9.17, 15) is 9.90 Å². The van der Waals surface area contributed by atoms with E-state index in [0.717, 1.165) is 5.56 Å². The number of methoxy groups -OCH3 is 1. The lowest BCUT2D eigenvalue weighted by atomic mass is 10.1. The molecule has 2 aromatic carbocycles. The van der Waals surface area contributed by atoms with E-state index in [0.29, 0.717) is 5.75 Å². The van der Waals surface area contributed by atoms with Gasteiger partial charge in [-0.05, 0) is 24.6 Å². The van der Waals surface area contributed by atoms with Crippen molar-refractivity contribution in [3.8, 4) is 11.5 Å². The Kier molecular flexibility index (Phi) is 4.25. The van der Waals surface area contributed by atoms with Crippen LogP contribution in [0.1, 0.15) is 28.9 Å². The number of phenolic OH excluding ortho intramolecular Hbond substituents is 1. The summed E-state index contributed by atoms with van der Waals surface area (Å²) in [6.07, 6.45) is 0. The Morgan fingerprint density at radius 1 is 1.20 bits per heavy atom. The van der Waals surface area contributed by atoms with Crippen molar-refractivity contribution in [2.45, 2.75) is 13.0 Å². The highest BCUT2D eigenvalue weighted by molar-refractivity contribution is 5.97. The van der Waals surface area contributed by atoms with E-state index < -0.39 is 0 Å². The quantitative estimate of drug-likeness (QED) is 0.899. The summed E-state index contributed by atoms with van der Waals surface area (Å²) in [5, 5.41) is 12.7. The monoisotopic (exact) mass is 271 g/mol. The fourth-order valence-electron chi connectivity index (χ4n) is 1.93. The number of amides is 1. The molecule has 0 aliphatic carbocycles. The first-order valence-electron chi connectivity index (χ1n) is 6.34. The van der Waals surface area contributed by atoms with Gasteiger partial charge in [0.05, 0.1) is 18.7 Å². The lowest BCUT2D eigenvalue weighted by Crippen LogP contribution is -2.26. The van der Waals surface area contributed by atoms with Crippen LogP contribution in [0.5, 0.6) is 11.5 Å². The minimum absolute atomic E-state index is 0.0953. The lowest BCUT2D eigenvalue weighted by Gasteiger charge is -2.15. The van der Waals surface area contributed by atoms with E-state index in [4.69, 9.17) is 4.74 Å². The Morgan fingerprint density at radius 3 is 2.50 bits per heavy atom. The van der Waals surface area contributed by atoms with Crippen LogP contribution in [0, 0.1) is 0 Å². The molecular formula is C16H17NO3. The molecule has 1 amide bonds. The van der Waals surface area contributed by atoms with Gasteiger partial charge in [-0.2, -0.15) is 0 Å². The number of nitrogens with one attached hydrogen (secondary N) is 1. The molecule has 1 atom stereocenters. The normalized spacial score (nSPS) is 11.7. The summed E-state index contributed by atoms with van der Waals surface area (Å²) in [5.74, 6) is 0.0961. The van der Waals surface area contributed by atoms with Crippen molar-refractivity contribution in [1.29, 1.82) is 0 Å². The number of carbonyl (C=O) groups excluding carboxylic acids is 1. The number of aromatic hydroxyl groups is 1. The van der Waals surface area contributed by atoms with Crippen molar-refractivity contribution < 1.29 is 14.6 Å². The molecule has 0 bridgehead atoms. The van der Waals surface area contributed by atoms with Crippen LogP contribution in [0.3, 0.4) is 0 Å². The Hall–Kier alpha value is -2.49. The van der Waals surface area contributed by atoms with Crippen molar-refractivity contribution in [3.05, 3.63) is 59.7 Å². The number of hydrogen-bond donors (Lipinski definition) is 2. The van der Waals surface area contributed by atoms with Gasteiger partial charge in [0.15, 0.2) is 0 Å². The third-order valence-corrected chi connectivity index (χ3v) is 3.10. The van der Waals surface area contributed by atoms with Crippen LogP contribution in [0.4, 0.5) is 0 Å². The molecule has 2 rings (SSSR count). The Morgan fingerprint density at radius 2 is 1.90 bits per heavy atom. The zero-order chi connectivity index (χ0) is 14.5. The summed E-state index contributed by atoms with van der Waals surface area (Å²) in [5.41, 5.74) is 1.24. The number of ether oxygens (including phenoxy) is 1. The van der Waals surface area contributed by atoms with Gasteiger partial charge < -0.3 is 15.2 Å². The van der Waals surface area contributed by atoms with E-state index >= 15 is 0 Å². The minimum atomic E-state index is -0.318. The van der Waals surface area contributed by atoms with Crippen molar-refractivity contribution in [2.24, 2.45) is 0 Å². The summed E-state index contributed by atoms with van der Waals surface area (Å²) in [7, 11) is 1.51. The van der Waals surface area contributed by atoms with Crippen molar-refractivity contribution in [1.82, 2.24) is 5.32 Å². The van der Waals surface area contributed by atoms with Crippen molar-refractivity contribution in [3.63, 3.8) is 0 Å². The van der Waals surface area contributed by atoms with Gasteiger partial charge >= 0.3 is 0 Å². The van der Waals surface area contributed by atoms with Crippen LogP contribution >= 0.6 is 0 Å². The third kappa shape index (κ3) is 3.09. The van der Waals surface area contributed by atoms with Gasteiger partial charge in [-0.15, -0.1) is 0 Å². The number of carbonyl (C=O) groups is 1. The first-order valence-corrected chi connectivity index (χ1v) is 6.34. The SMILES string of the molecule is COc1ccc(C(=O)NC(C)c2ccccc2)c(O)c1. The molecule has 0 radical (unpaired) electrons. The maximum absolute atomic E-state index is 12.1. The van der Waals surface area contributed by atoms with Gasteiger partial charge in [-0.25, -0.2) is 0 Å². The smallest absolute Gasteiger partial charge is 0.255 e. The fraction of sp³-hybridized carbons (Fsp3) is 0.188. The molecule has 0 saturated carbocycles. The van der Waals surface area contributed by atoms with E-state index in [2.05, 4.69) is 5.32 Å². The second kappa shape index (κ2) is 6.10. The van der Waals surface area contributed by atoms with Gasteiger partial charge in [0.25, 0.3) is 5.91 Å². The molecule has 20 heavy (non-hydrogen) atoms. The van der Waals surface area contributed by atoms with Crippen molar-refractivity contribution >= 4 is 5.91 Å². The van der Waals surface area contributed by atoms with Gasteiger partial charge in [-0.3, -0.25) is 4.79 Å². The largest absolute Gasteiger partial charge is 0.507 e. The summed E-state index contributed by atoms with van der Waals surface area (Å²) < 4.78 is 4.99. The molecule has 0 aliphatic rings. The Bertz CT molecular complexity index is 596. The summed E-state index contributed by atoms with van der Waals surface area (Å²) in [6.45, 7) is 1.90. The molecule has 0 aliphatic heterocycles. The molecule has 2 N–H and O–H groups in total. The highest BCUT2D eigenvalue weighted by Crippen LogP contribution is 2.24. The van der Waals surface area contributed by atoms with E-state index in [-0.39, 0.29) is 23.3 Å². The van der Waals surface area contributed by atoms with E-state index in [1.54, 1.807) is 12.1 Å². The van der Waals surface area contributed by atoms with Crippen LogP contribution in [-0.4, -0.2) is 18.1 Å². The summed E-state index contributed by atoms with van der Waals surface area (Å²) >= 11 is 0. The summed E-state index contributed by atoms with van der Waals surface area (Å²) in [6, 6.07) is 14.1. The topological polar surface area (TPSA) is 58.6 Å². The maximum Gasteiger partial charge on any atom is 0.255 e. The van der Waals surface area contributed by atoms with Crippen LogP contribution < -0.4 is 10.1 Å². The minimum Gasteiger partial charge on any atom is -0.507 e. The molecule has 104 valence electrons. The zero-order valence-electron chi connectivity index (χ0n) is 11.5. The molecule has 2 aromatic rings. The molecular weight excluding hydrogens is 254 g/mol. The molecule has 0 heterocycles. The molecule has 0 fully saturated rings. The maximum atomic E-state index is 12.1. The van der Waals surface area contributed by atoms with E-state index in [1.165, 1.54) is 13.2 Å². The predicted octanol–water partition coefficient (Wildman–Crippen LogP) is 2.89. The predicted molar refractivity (Wildman–Crippen MR) is 77.0 cm³/mol. The second-order valence-corrected chi connectivity index (χ2v) is 4.49. The van der Waals surface area contributed by atoms with Crippen LogP contribution in [0.25, 0.3) is 0 Å². The average molecular weight is 271 g/mol. The van der Waals surface area contributed by atoms with Crippen LogP contribution in [0.2, 0.25) is 0 Å². The number of hydrogen-bond acceptors (Lipinski definition) is 3. The molecule has 0 aromatic heterocycles. The second-order valence-electron chi connectivity index (χ2n) is 4.49. The highest BCUT2D eigenvalue weighted by Gasteiger charge is 2.15. The molecule has 4 heteroatoms. The Balaban J connectivity index is 2.12. The van der Waals surface area contributed by atoms with Crippen LogP contribution in [0.15, 0.2) is 48.5 Å². The van der Waals surface area contributed by atoms with Gasteiger partial charge in [0.2, 0.25) is 0 Å². The molecule has 0 saturated heterocycles. The first-order chi connectivity index (χ1) is 9.61. The number of benzene rings is 2. The first kappa shape index (κ1) is 13.9. The standard InChI is InChI=1S/C16H17NO3/c1-11(12-6-4-3-5-7-12)17-16(19)14-9-8-13(20-2)10-15(14)18/h3-11,18H,1-2H3,(H,17,19).